The summed E-state index contributed by atoms with van der Waals surface area (Å²) in [5, 5.41) is 3.17. The largest absolute Gasteiger partial charge is 0.351 e. The van der Waals surface area contributed by atoms with Crippen molar-refractivity contribution in [2.24, 2.45) is 11.1 Å². The Kier molecular flexibility index (Phi) is 4.36. The van der Waals surface area contributed by atoms with Crippen LogP contribution in [0.3, 0.4) is 0 Å². The van der Waals surface area contributed by atoms with Gasteiger partial charge in [0.25, 0.3) is 0 Å². The number of rotatable bonds is 5. The summed E-state index contributed by atoms with van der Waals surface area (Å²) in [6.45, 7) is 6.81. The van der Waals surface area contributed by atoms with Gasteiger partial charge in [0.1, 0.15) is 0 Å². The third kappa shape index (κ3) is 2.97. The van der Waals surface area contributed by atoms with Crippen molar-refractivity contribution in [1.29, 1.82) is 0 Å². The van der Waals surface area contributed by atoms with Crippen molar-refractivity contribution in [3.63, 3.8) is 0 Å². The van der Waals surface area contributed by atoms with Crippen LogP contribution in [0.25, 0.3) is 0 Å². The van der Waals surface area contributed by atoms with Gasteiger partial charge >= 0.3 is 0 Å². The van der Waals surface area contributed by atoms with Gasteiger partial charge in [0.2, 0.25) is 5.91 Å². The zero-order valence-electron chi connectivity index (χ0n) is 10.9. The number of carbonyl (C=O) groups excluding carboxylic acids is 1. The second-order valence-corrected chi connectivity index (χ2v) is 5.78. The van der Waals surface area contributed by atoms with E-state index in [1.807, 2.05) is 0 Å². The molecular formula is C13H26N2O. The van der Waals surface area contributed by atoms with Crippen molar-refractivity contribution in [3.8, 4) is 0 Å². The van der Waals surface area contributed by atoms with Gasteiger partial charge in [-0.1, -0.05) is 26.2 Å². The van der Waals surface area contributed by atoms with E-state index >= 15 is 0 Å². The van der Waals surface area contributed by atoms with Crippen molar-refractivity contribution in [1.82, 2.24) is 5.32 Å². The molecule has 1 aliphatic carbocycles. The lowest BCUT2D eigenvalue weighted by Gasteiger charge is -2.33. The number of hydrogen-bond acceptors (Lipinski definition) is 2. The maximum absolute atomic E-state index is 12.3. The third-order valence-corrected chi connectivity index (χ3v) is 3.76. The fraction of sp³-hybridized carbons (Fsp3) is 0.923. The molecule has 0 aromatic carbocycles. The number of nitrogens with two attached hydrogens (primary N) is 1. The third-order valence-electron chi connectivity index (χ3n) is 3.76. The van der Waals surface area contributed by atoms with Crippen molar-refractivity contribution in [2.45, 2.75) is 64.8 Å². The van der Waals surface area contributed by atoms with E-state index in [-0.39, 0.29) is 16.9 Å². The van der Waals surface area contributed by atoms with E-state index in [0.717, 1.165) is 38.5 Å². The Morgan fingerprint density at radius 3 is 2.38 bits per heavy atom. The van der Waals surface area contributed by atoms with Crippen LogP contribution >= 0.6 is 0 Å². The summed E-state index contributed by atoms with van der Waals surface area (Å²) in [6, 6.07) is 0. The topological polar surface area (TPSA) is 55.1 Å². The summed E-state index contributed by atoms with van der Waals surface area (Å²) >= 11 is 0. The van der Waals surface area contributed by atoms with E-state index in [4.69, 9.17) is 5.73 Å². The Balaban J connectivity index is 2.63. The molecule has 0 aliphatic heterocycles. The molecule has 3 nitrogen and oxygen atoms in total. The molecule has 0 bridgehead atoms. The first-order valence-corrected chi connectivity index (χ1v) is 6.48. The molecule has 1 fully saturated rings. The fourth-order valence-electron chi connectivity index (χ4n) is 2.70. The predicted molar refractivity (Wildman–Crippen MR) is 67.1 cm³/mol. The van der Waals surface area contributed by atoms with E-state index < -0.39 is 0 Å². The molecule has 0 aromatic heterocycles. The van der Waals surface area contributed by atoms with Crippen LogP contribution in [0.2, 0.25) is 0 Å². The average Bonchev–Trinajstić information content (AvgIpc) is 2.66. The van der Waals surface area contributed by atoms with Crippen molar-refractivity contribution in [2.75, 3.05) is 6.54 Å². The molecule has 1 amide bonds. The highest BCUT2D eigenvalue weighted by Crippen LogP contribution is 2.37. The maximum atomic E-state index is 12.3. The predicted octanol–water partition coefficient (Wildman–Crippen LogP) is 2.20. The minimum Gasteiger partial charge on any atom is -0.351 e. The van der Waals surface area contributed by atoms with Crippen LogP contribution in [-0.4, -0.2) is 18.0 Å². The van der Waals surface area contributed by atoms with Crippen molar-refractivity contribution < 1.29 is 4.79 Å². The minimum absolute atomic E-state index is 0.101. The van der Waals surface area contributed by atoms with E-state index in [1.165, 1.54) is 0 Å². The lowest BCUT2D eigenvalue weighted by atomic mass is 9.84. The van der Waals surface area contributed by atoms with Crippen LogP contribution in [0.15, 0.2) is 0 Å². The molecule has 3 heteroatoms. The van der Waals surface area contributed by atoms with Crippen LogP contribution in [-0.2, 0) is 4.79 Å². The normalized spacial score (nSPS) is 19.8. The molecule has 0 spiro atoms. The standard InChI is InChI=1S/C13H26N2O/c1-4-7-12(2,3)15-11(16)13(10-14)8-5-6-9-13/h4-10,14H2,1-3H3,(H,15,16). The van der Waals surface area contributed by atoms with Gasteiger partial charge in [-0.3, -0.25) is 4.79 Å². The number of hydrogen-bond donors (Lipinski definition) is 2. The first-order valence-electron chi connectivity index (χ1n) is 6.48. The van der Waals surface area contributed by atoms with Gasteiger partial charge in [0.15, 0.2) is 0 Å². The lowest BCUT2D eigenvalue weighted by Crippen LogP contribution is -2.52. The highest BCUT2D eigenvalue weighted by atomic mass is 16.2. The highest BCUT2D eigenvalue weighted by Gasteiger charge is 2.41. The van der Waals surface area contributed by atoms with E-state index in [9.17, 15) is 4.79 Å². The Morgan fingerprint density at radius 2 is 1.94 bits per heavy atom. The monoisotopic (exact) mass is 226 g/mol. The molecule has 3 N–H and O–H groups in total. The Bertz CT molecular complexity index is 242. The number of carbonyl (C=O) groups is 1. The van der Waals surface area contributed by atoms with Crippen molar-refractivity contribution >= 4 is 5.91 Å². The Labute approximate surface area is 99.2 Å². The molecule has 1 rings (SSSR count). The Morgan fingerprint density at radius 1 is 1.38 bits per heavy atom. The van der Waals surface area contributed by atoms with Gasteiger partial charge in [-0.25, -0.2) is 0 Å². The second kappa shape index (κ2) is 5.17. The van der Waals surface area contributed by atoms with Crippen molar-refractivity contribution in [3.05, 3.63) is 0 Å². The number of nitrogens with one attached hydrogen (secondary N) is 1. The van der Waals surface area contributed by atoms with Crippen LogP contribution in [0.5, 0.6) is 0 Å². The van der Waals surface area contributed by atoms with Crippen LogP contribution < -0.4 is 11.1 Å². The molecule has 1 aliphatic rings. The summed E-state index contributed by atoms with van der Waals surface area (Å²) in [5.74, 6) is 0.172. The van der Waals surface area contributed by atoms with E-state index in [1.54, 1.807) is 0 Å². The SMILES string of the molecule is CCCC(C)(C)NC(=O)C1(CN)CCCC1. The summed E-state index contributed by atoms with van der Waals surface area (Å²) in [6.07, 6.45) is 6.29. The van der Waals surface area contributed by atoms with E-state index in [0.29, 0.717) is 6.54 Å². The molecule has 0 unspecified atom stereocenters. The first kappa shape index (κ1) is 13.5. The van der Waals surface area contributed by atoms with Crippen LogP contribution in [0.1, 0.15) is 59.3 Å². The molecule has 0 aromatic rings. The second-order valence-electron chi connectivity index (χ2n) is 5.78. The fourth-order valence-corrected chi connectivity index (χ4v) is 2.70. The molecule has 0 heterocycles. The molecular weight excluding hydrogens is 200 g/mol. The van der Waals surface area contributed by atoms with Gasteiger partial charge < -0.3 is 11.1 Å². The summed E-state index contributed by atoms with van der Waals surface area (Å²) < 4.78 is 0. The van der Waals surface area contributed by atoms with E-state index in [2.05, 4.69) is 26.1 Å². The summed E-state index contributed by atoms with van der Waals surface area (Å²) in [4.78, 5) is 12.3. The molecule has 0 radical (unpaired) electrons. The van der Waals surface area contributed by atoms with Gasteiger partial charge in [0, 0.05) is 12.1 Å². The lowest BCUT2D eigenvalue weighted by molar-refractivity contribution is -0.132. The average molecular weight is 226 g/mol. The Hall–Kier alpha value is -0.570. The molecule has 0 saturated heterocycles. The van der Waals surface area contributed by atoms with Gasteiger partial charge in [-0.15, -0.1) is 0 Å². The van der Waals surface area contributed by atoms with Crippen LogP contribution in [0.4, 0.5) is 0 Å². The first-order chi connectivity index (χ1) is 7.46. The van der Waals surface area contributed by atoms with Gasteiger partial charge in [0.05, 0.1) is 5.41 Å². The zero-order chi connectivity index (χ0) is 12.2. The minimum atomic E-state index is -0.273. The zero-order valence-corrected chi connectivity index (χ0v) is 10.9. The summed E-state index contributed by atoms with van der Waals surface area (Å²) in [5.41, 5.74) is 5.43. The van der Waals surface area contributed by atoms with Crippen LogP contribution in [0, 0.1) is 5.41 Å². The smallest absolute Gasteiger partial charge is 0.227 e. The highest BCUT2D eigenvalue weighted by molar-refractivity contribution is 5.83. The van der Waals surface area contributed by atoms with Gasteiger partial charge in [-0.05, 0) is 33.1 Å². The molecule has 94 valence electrons. The molecule has 16 heavy (non-hydrogen) atoms. The molecule has 1 saturated carbocycles. The maximum Gasteiger partial charge on any atom is 0.227 e. The summed E-state index contributed by atoms with van der Waals surface area (Å²) in [7, 11) is 0. The quantitative estimate of drug-likeness (QED) is 0.755. The number of amides is 1. The molecule has 0 atom stereocenters. The van der Waals surface area contributed by atoms with Gasteiger partial charge in [-0.2, -0.15) is 0 Å².